The molecule has 1 heterocycles. The van der Waals surface area contributed by atoms with Gasteiger partial charge in [0.25, 0.3) is 5.91 Å². The number of nitrogens with one attached hydrogen (secondary N) is 1. The minimum atomic E-state index is -0.588. The number of halogens is 1. The lowest BCUT2D eigenvalue weighted by molar-refractivity contribution is -0.136. The molecule has 1 atom stereocenters. The fraction of sp³-hybridized carbons (Fsp3) is 0.273. The summed E-state index contributed by atoms with van der Waals surface area (Å²) >= 11 is 5.98. The van der Waals surface area contributed by atoms with E-state index in [0.717, 1.165) is 4.90 Å². The van der Waals surface area contributed by atoms with Gasteiger partial charge in [0, 0.05) is 7.05 Å². The van der Waals surface area contributed by atoms with Crippen molar-refractivity contribution >= 4 is 34.8 Å². The number of anilines is 2. The topological polar surface area (TPSA) is 75.4 Å². The Balaban J connectivity index is 2.23. The molecule has 17 heavy (non-hydrogen) atoms. The smallest absolute Gasteiger partial charge is 0.251 e. The molecular formula is C11H12ClN3O2. The van der Waals surface area contributed by atoms with Crippen LogP contribution in [0.3, 0.4) is 0 Å². The molecule has 6 heteroatoms. The van der Waals surface area contributed by atoms with Crippen LogP contribution in [-0.4, -0.2) is 29.8 Å². The molecular weight excluding hydrogens is 242 g/mol. The van der Waals surface area contributed by atoms with Crippen LogP contribution in [0.15, 0.2) is 18.2 Å². The van der Waals surface area contributed by atoms with Crippen molar-refractivity contribution in [3.8, 4) is 0 Å². The van der Waals surface area contributed by atoms with Crippen molar-refractivity contribution in [2.75, 3.05) is 18.1 Å². The number of imide groups is 1. The second kappa shape index (κ2) is 4.25. The first-order chi connectivity index (χ1) is 8.00. The summed E-state index contributed by atoms with van der Waals surface area (Å²) in [6, 6.07) is 4.48. The predicted octanol–water partition coefficient (Wildman–Crippen LogP) is 1.09. The van der Waals surface area contributed by atoms with Crippen molar-refractivity contribution in [3.05, 3.63) is 23.2 Å². The number of likely N-dealkylation sites (tertiary alicyclic amines) is 1. The van der Waals surface area contributed by atoms with E-state index in [1.54, 1.807) is 18.2 Å². The maximum Gasteiger partial charge on any atom is 0.251 e. The quantitative estimate of drug-likeness (QED) is 0.611. The molecule has 0 aromatic heterocycles. The van der Waals surface area contributed by atoms with Gasteiger partial charge in [-0.1, -0.05) is 17.7 Å². The van der Waals surface area contributed by atoms with Crippen molar-refractivity contribution in [2.45, 2.75) is 12.5 Å². The van der Waals surface area contributed by atoms with E-state index < -0.39 is 6.04 Å². The Bertz CT molecular complexity index is 469. The zero-order valence-corrected chi connectivity index (χ0v) is 9.99. The van der Waals surface area contributed by atoms with E-state index in [1.807, 2.05) is 0 Å². The average Bonchev–Trinajstić information content (AvgIpc) is 2.52. The van der Waals surface area contributed by atoms with E-state index >= 15 is 0 Å². The van der Waals surface area contributed by atoms with E-state index in [1.165, 1.54) is 7.05 Å². The van der Waals surface area contributed by atoms with Crippen LogP contribution in [0.4, 0.5) is 11.4 Å². The lowest BCUT2D eigenvalue weighted by Gasteiger charge is -2.15. The van der Waals surface area contributed by atoms with Crippen LogP contribution >= 0.6 is 11.6 Å². The van der Waals surface area contributed by atoms with E-state index in [4.69, 9.17) is 17.3 Å². The van der Waals surface area contributed by atoms with Crippen molar-refractivity contribution in [1.82, 2.24) is 4.90 Å². The number of carbonyl (C=O) groups is 2. The number of hydrogen-bond acceptors (Lipinski definition) is 4. The summed E-state index contributed by atoms with van der Waals surface area (Å²) in [6.45, 7) is 0. The van der Waals surface area contributed by atoms with E-state index in [2.05, 4.69) is 5.32 Å². The Morgan fingerprint density at radius 2 is 2.18 bits per heavy atom. The fourth-order valence-corrected chi connectivity index (χ4v) is 1.97. The van der Waals surface area contributed by atoms with Crippen LogP contribution < -0.4 is 11.1 Å². The first kappa shape index (κ1) is 11.7. The summed E-state index contributed by atoms with van der Waals surface area (Å²) in [7, 11) is 1.46. The number of benzene rings is 1. The molecule has 1 aromatic carbocycles. The van der Waals surface area contributed by atoms with Gasteiger partial charge in [-0.05, 0) is 12.1 Å². The standard InChI is InChI=1S/C11H12ClN3O2/c1-15-9(16)5-8(11(15)17)14-10-6(12)3-2-4-7(10)13/h2-4,8,14H,5,13H2,1H3. The molecule has 1 aromatic rings. The average molecular weight is 254 g/mol. The lowest BCUT2D eigenvalue weighted by Crippen LogP contribution is -2.32. The fourth-order valence-electron chi connectivity index (χ4n) is 1.74. The Hall–Kier alpha value is -1.75. The molecule has 0 aliphatic carbocycles. The molecule has 90 valence electrons. The SMILES string of the molecule is CN1C(=O)CC(Nc2c(N)cccc2Cl)C1=O. The molecule has 2 rings (SSSR count). The van der Waals surface area contributed by atoms with E-state index in [9.17, 15) is 9.59 Å². The van der Waals surface area contributed by atoms with Gasteiger partial charge >= 0.3 is 0 Å². The highest BCUT2D eigenvalue weighted by atomic mass is 35.5. The van der Waals surface area contributed by atoms with Gasteiger partial charge in [0.05, 0.1) is 22.8 Å². The molecule has 1 aliphatic heterocycles. The largest absolute Gasteiger partial charge is 0.397 e. The number of amides is 2. The van der Waals surface area contributed by atoms with Crippen molar-refractivity contribution in [1.29, 1.82) is 0 Å². The van der Waals surface area contributed by atoms with Gasteiger partial charge in [0.2, 0.25) is 5.91 Å². The molecule has 1 saturated heterocycles. The Morgan fingerprint density at radius 1 is 1.47 bits per heavy atom. The number of nitrogens with two attached hydrogens (primary N) is 1. The van der Waals surface area contributed by atoms with Crippen molar-refractivity contribution in [3.63, 3.8) is 0 Å². The highest BCUT2D eigenvalue weighted by molar-refractivity contribution is 6.34. The van der Waals surface area contributed by atoms with E-state index in [0.29, 0.717) is 16.4 Å². The van der Waals surface area contributed by atoms with Crippen LogP contribution in [0.25, 0.3) is 0 Å². The van der Waals surface area contributed by atoms with E-state index in [-0.39, 0.29) is 18.2 Å². The third kappa shape index (κ3) is 2.06. The van der Waals surface area contributed by atoms with Crippen molar-refractivity contribution in [2.24, 2.45) is 0 Å². The van der Waals surface area contributed by atoms with Gasteiger partial charge in [0.1, 0.15) is 6.04 Å². The third-order valence-corrected chi connectivity index (χ3v) is 3.06. The van der Waals surface area contributed by atoms with Crippen LogP contribution in [-0.2, 0) is 9.59 Å². The highest BCUT2D eigenvalue weighted by Crippen LogP contribution is 2.30. The number of rotatable bonds is 2. The molecule has 0 bridgehead atoms. The minimum absolute atomic E-state index is 0.125. The summed E-state index contributed by atoms with van der Waals surface area (Å²) in [4.78, 5) is 24.2. The number of para-hydroxylation sites is 1. The highest BCUT2D eigenvalue weighted by Gasteiger charge is 2.36. The summed E-state index contributed by atoms with van der Waals surface area (Å²) < 4.78 is 0. The maximum absolute atomic E-state index is 11.7. The maximum atomic E-state index is 11.7. The molecule has 0 spiro atoms. The molecule has 3 N–H and O–H groups in total. The monoisotopic (exact) mass is 253 g/mol. The Labute approximate surface area is 104 Å². The van der Waals surface area contributed by atoms with Crippen LogP contribution in [0.5, 0.6) is 0 Å². The first-order valence-electron chi connectivity index (χ1n) is 5.11. The molecule has 0 radical (unpaired) electrons. The Morgan fingerprint density at radius 3 is 2.71 bits per heavy atom. The van der Waals surface area contributed by atoms with Gasteiger partial charge in [-0.2, -0.15) is 0 Å². The van der Waals surface area contributed by atoms with Crippen LogP contribution in [0.2, 0.25) is 5.02 Å². The number of nitrogens with zero attached hydrogens (tertiary/aromatic N) is 1. The van der Waals surface area contributed by atoms with Gasteiger partial charge in [-0.25, -0.2) is 0 Å². The van der Waals surface area contributed by atoms with Gasteiger partial charge in [-0.3, -0.25) is 14.5 Å². The molecule has 0 saturated carbocycles. The molecule has 1 unspecified atom stereocenters. The zero-order valence-electron chi connectivity index (χ0n) is 9.24. The number of hydrogen-bond donors (Lipinski definition) is 2. The molecule has 5 nitrogen and oxygen atoms in total. The first-order valence-corrected chi connectivity index (χ1v) is 5.49. The van der Waals surface area contributed by atoms with Crippen molar-refractivity contribution < 1.29 is 9.59 Å². The second-order valence-corrected chi connectivity index (χ2v) is 4.30. The van der Waals surface area contributed by atoms with Crippen LogP contribution in [0, 0.1) is 0 Å². The third-order valence-electron chi connectivity index (χ3n) is 2.75. The van der Waals surface area contributed by atoms with Gasteiger partial charge in [0.15, 0.2) is 0 Å². The van der Waals surface area contributed by atoms with Gasteiger partial charge < -0.3 is 11.1 Å². The summed E-state index contributed by atoms with van der Waals surface area (Å²) in [5.74, 6) is -0.479. The normalized spacial score (nSPS) is 19.9. The van der Waals surface area contributed by atoms with Gasteiger partial charge in [-0.15, -0.1) is 0 Å². The lowest BCUT2D eigenvalue weighted by atomic mass is 10.2. The number of likely N-dealkylation sites (N-methyl/N-ethyl adjacent to an activating group) is 1. The molecule has 1 fully saturated rings. The summed E-state index contributed by atoms with van der Waals surface area (Å²) in [5, 5.41) is 3.35. The minimum Gasteiger partial charge on any atom is -0.397 e. The zero-order chi connectivity index (χ0) is 12.6. The Kier molecular flexibility index (Phi) is 2.93. The summed E-state index contributed by atoms with van der Waals surface area (Å²) in [6.07, 6.45) is 0.125. The van der Waals surface area contributed by atoms with Crippen LogP contribution in [0.1, 0.15) is 6.42 Å². The number of nitrogen functional groups attached to an aromatic ring is 1. The second-order valence-electron chi connectivity index (χ2n) is 3.90. The molecule has 2 amide bonds. The predicted molar refractivity (Wildman–Crippen MR) is 65.7 cm³/mol. The number of carbonyl (C=O) groups excluding carboxylic acids is 2. The molecule has 1 aliphatic rings. The summed E-state index contributed by atoms with van der Waals surface area (Å²) in [5.41, 5.74) is 6.70.